The van der Waals surface area contributed by atoms with Gasteiger partial charge in [0, 0.05) is 35.4 Å². The molecule has 1 rings (SSSR count). The van der Waals surface area contributed by atoms with Crippen molar-refractivity contribution in [2.24, 2.45) is 0 Å². The van der Waals surface area contributed by atoms with Gasteiger partial charge >= 0.3 is 0 Å². The molecule has 18 heavy (non-hydrogen) atoms. The van der Waals surface area contributed by atoms with Crippen molar-refractivity contribution in [3.8, 4) is 0 Å². The zero-order valence-electron chi connectivity index (χ0n) is 11.5. The van der Waals surface area contributed by atoms with Gasteiger partial charge in [0.1, 0.15) is 0 Å². The first kappa shape index (κ1) is 15.0. The topological polar surface area (TPSA) is 23.6 Å². The van der Waals surface area contributed by atoms with E-state index in [4.69, 9.17) is 11.6 Å². The van der Waals surface area contributed by atoms with Gasteiger partial charge in [-0.1, -0.05) is 11.6 Å². The first-order chi connectivity index (χ1) is 8.49. The van der Waals surface area contributed by atoms with Crippen LogP contribution in [0.2, 0.25) is 5.02 Å². The zero-order chi connectivity index (χ0) is 13.7. The number of hydrogen-bond donors (Lipinski definition) is 0. The fourth-order valence-electron chi connectivity index (χ4n) is 2.21. The number of carbonyl (C=O) groups is 1. The van der Waals surface area contributed by atoms with E-state index in [2.05, 4.69) is 23.6 Å². The first-order valence-corrected chi connectivity index (χ1v) is 6.53. The summed E-state index contributed by atoms with van der Waals surface area (Å²) in [6.45, 7) is 6.01. The van der Waals surface area contributed by atoms with Crippen molar-refractivity contribution in [2.75, 3.05) is 32.1 Å². The van der Waals surface area contributed by atoms with Crippen LogP contribution in [0.15, 0.2) is 18.2 Å². The van der Waals surface area contributed by atoms with Crippen molar-refractivity contribution in [2.45, 2.75) is 19.9 Å². The molecule has 0 spiro atoms. The van der Waals surface area contributed by atoms with E-state index in [0.29, 0.717) is 16.6 Å². The van der Waals surface area contributed by atoms with Crippen LogP contribution in [-0.2, 0) is 0 Å². The molecule has 1 unspecified atom stereocenters. The Balaban J connectivity index is 3.07. The summed E-state index contributed by atoms with van der Waals surface area (Å²) in [6, 6.07) is 5.71. The molecule has 0 radical (unpaired) electrons. The predicted octanol–water partition coefficient (Wildman–Crippen LogP) is 2.93. The predicted molar refractivity (Wildman–Crippen MR) is 77.9 cm³/mol. The number of anilines is 1. The highest BCUT2D eigenvalue weighted by atomic mass is 35.5. The number of hydrogen-bond acceptors (Lipinski definition) is 3. The molecule has 0 saturated carbocycles. The second kappa shape index (κ2) is 6.76. The number of aldehydes is 1. The lowest BCUT2D eigenvalue weighted by atomic mass is 10.1. The van der Waals surface area contributed by atoms with E-state index in [-0.39, 0.29) is 0 Å². The lowest BCUT2D eigenvalue weighted by Crippen LogP contribution is -2.40. The molecular formula is C14H21ClN2O. The summed E-state index contributed by atoms with van der Waals surface area (Å²) in [7, 11) is 4.09. The Bertz CT molecular complexity index is 407. The van der Waals surface area contributed by atoms with Crippen molar-refractivity contribution in [1.29, 1.82) is 0 Å². The number of benzene rings is 1. The van der Waals surface area contributed by atoms with E-state index < -0.39 is 0 Å². The Labute approximate surface area is 114 Å². The summed E-state index contributed by atoms with van der Waals surface area (Å²) in [5, 5.41) is 0.658. The zero-order valence-corrected chi connectivity index (χ0v) is 12.2. The Morgan fingerprint density at radius 1 is 1.39 bits per heavy atom. The van der Waals surface area contributed by atoms with E-state index in [0.717, 1.165) is 25.1 Å². The molecule has 100 valence electrons. The number of likely N-dealkylation sites (N-methyl/N-ethyl adjacent to an activating group) is 2. The molecule has 1 atom stereocenters. The maximum Gasteiger partial charge on any atom is 0.152 e. The van der Waals surface area contributed by atoms with E-state index in [1.807, 2.05) is 20.2 Å². The van der Waals surface area contributed by atoms with Gasteiger partial charge < -0.3 is 9.80 Å². The van der Waals surface area contributed by atoms with Crippen LogP contribution in [0.4, 0.5) is 5.69 Å². The third kappa shape index (κ3) is 3.72. The van der Waals surface area contributed by atoms with Crippen molar-refractivity contribution >= 4 is 23.6 Å². The second-order valence-electron chi connectivity index (χ2n) is 4.72. The number of rotatable bonds is 6. The lowest BCUT2D eigenvalue weighted by Gasteiger charge is -2.33. The Morgan fingerprint density at radius 2 is 2.06 bits per heavy atom. The molecule has 0 aliphatic heterocycles. The maximum absolute atomic E-state index is 11.1. The van der Waals surface area contributed by atoms with E-state index >= 15 is 0 Å². The largest absolute Gasteiger partial charge is 0.367 e. The van der Waals surface area contributed by atoms with Crippen LogP contribution in [-0.4, -0.2) is 44.4 Å². The molecule has 0 fully saturated rings. The third-order valence-electron chi connectivity index (χ3n) is 2.93. The van der Waals surface area contributed by atoms with Crippen LogP contribution < -0.4 is 4.90 Å². The summed E-state index contributed by atoms with van der Waals surface area (Å²) < 4.78 is 0. The number of carbonyl (C=O) groups excluding carboxylic acids is 1. The monoisotopic (exact) mass is 268 g/mol. The highest BCUT2D eigenvalue weighted by molar-refractivity contribution is 6.31. The normalized spacial score (nSPS) is 12.6. The van der Waals surface area contributed by atoms with Gasteiger partial charge in [-0.2, -0.15) is 0 Å². The molecule has 0 heterocycles. The van der Waals surface area contributed by atoms with Crippen LogP contribution in [0.25, 0.3) is 0 Å². The first-order valence-electron chi connectivity index (χ1n) is 6.15. The van der Waals surface area contributed by atoms with Gasteiger partial charge in [0.25, 0.3) is 0 Å². The van der Waals surface area contributed by atoms with Crippen LogP contribution in [0.5, 0.6) is 0 Å². The molecule has 0 aliphatic carbocycles. The number of halogens is 1. The maximum atomic E-state index is 11.1. The molecule has 0 saturated heterocycles. The SMILES string of the molecule is CCN(c1cc(Cl)ccc1C=O)C(C)CN(C)C. The summed E-state index contributed by atoms with van der Waals surface area (Å²) in [5.41, 5.74) is 1.60. The Morgan fingerprint density at radius 3 is 2.56 bits per heavy atom. The van der Waals surface area contributed by atoms with Gasteiger partial charge in [-0.15, -0.1) is 0 Å². The van der Waals surface area contributed by atoms with Crippen LogP contribution in [0.3, 0.4) is 0 Å². The van der Waals surface area contributed by atoms with Gasteiger partial charge in [-0.05, 0) is 46.1 Å². The van der Waals surface area contributed by atoms with E-state index in [1.54, 1.807) is 12.1 Å². The van der Waals surface area contributed by atoms with Gasteiger partial charge in [-0.25, -0.2) is 0 Å². The minimum Gasteiger partial charge on any atom is -0.367 e. The Hall–Kier alpha value is -1.06. The quantitative estimate of drug-likeness (QED) is 0.741. The van der Waals surface area contributed by atoms with Crippen LogP contribution >= 0.6 is 11.6 Å². The lowest BCUT2D eigenvalue weighted by molar-refractivity contribution is 0.112. The summed E-state index contributed by atoms with van der Waals surface area (Å²) in [6.07, 6.45) is 0.886. The smallest absolute Gasteiger partial charge is 0.152 e. The minimum absolute atomic E-state index is 0.321. The summed E-state index contributed by atoms with van der Waals surface area (Å²) in [5.74, 6) is 0. The molecule has 3 nitrogen and oxygen atoms in total. The molecule has 0 aromatic heterocycles. The highest BCUT2D eigenvalue weighted by Crippen LogP contribution is 2.25. The summed E-state index contributed by atoms with van der Waals surface area (Å²) in [4.78, 5) is 15.5. The number of nitrogens with zero attached hydrogens (tertiary/aromatic N) is 2. The van der Waals surface area contributed by atoms with Crippen molar-refractivity contribution in [3.05, 3.63) is 28.8 Å². The fraction of sp³-hybridized carbons (Fsp3) is 0.500. The van der Waals surface area contributed by atoms with Gasteiger partial charge in [-0.3, -0.25) is 4.79 Å². The second-order valence-corrected chi connectivity index (χ2v) is 5.15. The van der Waals surface area contributed by atoms with Crippen molar-refractivity contribution in [3.63, 3.8) is 0 Å². The Kier molecular flexibility index (Phi) is 5.63. The van der Waals surface area contributed by atoms with E-state index in [9.17, 15) is 4.79 Å². The third-order valence-corrected chi connectivity index (χ3v) is 3.17. The molecule has 0 N–H and O–H groups in total. The fourth-order valence-corrected chi connectivity index (χ4v) is 2.38. The van der Waals surface area contributed by atoms with Gasteiger partial charge in [0.15, 0.2) is 6.29 Å². The highest BCUT2D eigenvalue weighted by Gasteiger charge is 2.16. The van der Waals surface area contributed by atoms with E-state index in [1.165, 1.54) is 0 Å². The molecule has 1 aromatic rings. The van der Waals surface area contributed by atoms with Gasteiger partial charge in [0.05, 0.1) is 0 Å². The summed E-state index contributed by atoms with van der Waals surface area (Å²) >= 11 is 6.03. The molecule has 1 aromatic carbocycles. The molecular weight excluding hydrogens is 248 g/mol. The molecule has 0 aliphatic rings. The van der Waals surface area contributed by atoms with Crippen LogP contribution in [0.1, 0.15) is 24.2 Å². The van der Waals surface area contributed by atoms with Crippen molar-refractivity contribution in [1.82, 2.24) is 4.90 Å². The molecule has 4 heteroatoms. The molecule has 0 bridgehead atoms. The average molecular weight is 269 g/mol. The minimum atomic E-state index is 0.321. The molecule has 0 amide bonds. The van der Waals surface area contributed by atoms with Crippen LogP contribution in [0, 0.1) is 0 Å². The standard InChI is InChI=1S/C14H21ClN2O/c1-5-17(11(2)9-16(3)4)14-8-13(15)7-6-12(14)10-18/h6-8,10-11H,5,9H2,1-4H3. The van der Waals surface area contributed by atoms with Gasteiger partial charge in [0.2, 0.25) is 0 Å². The average Bonchev–Trinajstić information content (AvgIpc) is 2.29. The van der Waals surface area contributed by atoms with Crippen molar-refractivity contribution < 1.29 is 4.79 Å².